The maximum absolute atomic E-state index is 11.8. The third-order valence-electron chi connectivity index (χ3n) is 2.11. The molecule has 15 heavy (non-hydrogen) atoms. The molecule has 0 aliphatic heterocycles. The van der Waals surface area contributed by atoms with E-state index in [4.69, 9.17) is 0 Å². The summed E-state index contributed by atoms with van der Waals surface area (Å²) in [4.78, 5) is 24.3. The summed E-state index contributed by atoms with van der Waals surface area (Å²) < 4.78 is 0. The molecule has 0 unspecified atom stereocenters. The molecule has 86 valence electrons. The monoisotopic (exact) mass is 211 g/mol. The number of carbonyl (C=O) groups excluding carboxylic acids is 2. The second-order valence-electron chi connectivity index (χ2n) is 4.67. The van der Waals surface area contributed by atoms with Gasteiger partial charge in [0.05, 0.1) is 0 Å². The number of hydrogen-bond donors (Lipinski definition) is 0. The molecule has 3 heteroatoms. The Morgan fingerprint density at radius 1 is 1.27 bits per heavy atom. The summed E-state index contributed by atoms with van der Waals surface area (Å²) >= 11 is 0. The molecule has 0 bridgehead atoms. The lowest BCUT2D eigenvalue weighted by atomic mass is 10.0. The van der Waals surface area contributed by atoms with Crippen molar-refractivity contribution < 1.29 is 9.59 Å². The van der Waals surface area contributed by atoms with Crippen LogP contribution in [0.2, 0.25) is 0 Å². The van der Waals surface area contributed by atoms with Gasteiger partial charge in [-0.25, -0.2) is 0 Å². The van der Waals surface area contributed by atoms with Crippen molar-refractivity contribution in [1.82, 2.24) is 4.90 Å². The van der Waals surface area contributed by atoms with Crippen molar-refractivity contribution in [3.8, 4) is 0 Å². The van der Waals surface area contributed by atoms with Gasteiger partial charge in [-0.3, -0.25) is 4.79 Å². The Morgan fingerprint density at radius 2 is 1.80 bits per heavy atom. The van der Waals surface area contributed by atoms with Crippen LogP contribution in [0.1, 0.15) is 40.5 Å². The predicted molar refractivity (Wildman–Crippen MR) is 61.6 cm³/mol. The van der Waals surface area contributed by atoms with E-state index in [1.807, 2.05) is 20.8 Å². The van der Waals surface area contributed by atoms with Gasteiger partial charge in [0.25, 0.3) is 0 Å². The van der Waals surface area contributed by atoms with Crippen molar-refractivity contribution >= 4 is 11.7 Å². The Balaban J connectivity index is 4.43. The van der Waals surface area contributed by atoms with E-state index in [0.29, 0.717) is 19.4 Å². The van der Waals surface area contributed by atoms with Gasteiger partial charge in [-0.1, -0.05) is 6.08 Å². The molecule has 0 N–H and O–H groups in total. The molecule has 0 aromatic carbocycles. The quantitative estimate of drug-likeness (QED) is 0.653. The minimum atomic E-state index is -0.220. The van der Waals surface area contributed by atoms with Gasteiger partial charge in [-0.05, 0) is 27.7 Å². The maximum atomic E-state index is 11.8. The lowest BCUT2D eigenvalue weighted by Gasteiger charge is -2.35. The lowest BCUT2D eigenvalue weighted by Crippen LogP contribution is -2.45. The molecule has 0 spiro atoms. The van der Waals surface area contributed by atoms with E-state index in [-0.39, 0.29) is 17.2 Å². The number of amides is 1. The van der Waals surface area contributed by atoms with Gasteiger partial charge in [0.15, 0.2) is 0 Å². The highest BCUT2D eigenvalue weighted by Gasteiger charge is 2.24. The second kappa shape index (κ2) is 5.69. The molecule has 0 heterocycles. The van der Waals surface area contributed by atoms with Crippen LogP contribution >= 0.6 is 0 Å². The van der Waals surface area contributed by atoms with E-state index < -0.39 is 0 Å². The molecule has 3 nitrogen and oxygen atoms in total. The van der Waals surface area contributed by atoms with Crippen molar-refractivity contribution in [3.63, 3.8) is 0 Å². The summed E-state index contributed by atoms with van der Waals surface area (Å²) in [6, 6.07) is 0. The van der Waals surface area contributed by atoms with E-state index >= 15 is 0 Å². The Morgan fingerprint density at radius 3 is 2.13 bits per heavy atom. The Hall–Kier alpha value is -1.12. The molecule has 0 saturated carbocycles. The molecule has 0 aromatic rings. The fourth-order valence-corrected chi connectivity index (χ4v) is 1.30. The van der Waals surface area contributed by atoms with Gasteiger partial charge in [0.2, 0.25) is 5.91 Å². The largest absolute Gasteiger partial charge is 0.334 e. The van der Waals surface area contributed by atoms with E-state index in [0.717, 1.165) is 0 Å². The van der Waals surface area contributed by atoms with Crippen LogP contribution in [-0.2, 0) is 9.59 Å². The van der Waals surface area contributed by atoms with Crippen molar-refractivity contribution in [2.75, 3.05) is 6.54 Å². The summed E-state index contributed by atoms with van der Waals surface area (Å²) in [7, 11) is 0. The SMILES string of the molecule is C=CCN(C(=O)CCC(C)=O)C(C)(C)C. The summed E-state index contributed by atoms with van der Waals surface area (Å²) in [5.74, 6) is 0.0633. The topological polar surface area (TPSA) is 37.4 Å². The number of carbonyl (C=O) groups is 2. The van der Waals surface area contributed by atoms with Gasteiger partial charge in [-0.2, -0.15) is 0 Å². The van der Waals surface area contributed by atoms with Crippen LogP contribution in [0, 0.1) is 0 Å². The zero-order chi connectivity index (χ0) is 12.1. The molecule has 0 aliphatic carbocycles. The van der Waals surface area contributed by atoms with Gasteiger partial charge in [0.1, 0.15) is 5.78 Å². The molecule has 0 atom stereocenters. The molecule has 0 rings (SSSR count). The first-order valence-corrected chi connectivity index (χ1v) is 5.20. The number of rotatable bonds is 5. The summed E-state index contributed by atoms with van der Waals surface area (Å²) in [5, 5.41) is 0. The average molecular weight is 211 g/mol. The summed E-state index contributed by atoms with van der Waals surface area (Å²) in [6.45, 7) is 11.6. The highest BCUT2D eigenvalue weighted by molar-refractivity contribution is 5.84. The normalized spacial score (nSPS) is 10.9. The predicted octanol–water partition coefficient (Wildman–Crippen LogP) is 2.17. The molecule has 0 aliphatic rings. The van der Waals surface area contributed by atoms with E-state index in [2.05, 4.69) is 6.58 Å². The van der Waals surface area contributed by atoms with Crippen LogP contribution < -0.4 is 0 Å². The van der Waals surface area contributed by atoms with E-state index in [1.165, 1.54) is 6.92 Å². The first kappa shape index (κ1) is 13.9. The molecular weight excluding hydrogens is 190 g/mol. The third kappa shape index (κ3) is 5.35. The van der Waals surface area contributed by atoms with Crippen LogP contribution in [0.25, 0.3) is 0 Å². The van der Waals surface area contributed by atoms with Crippen molar-refractivity contribution in [2.24, 2.45) is 0 Å². The van der Waals surface area contributed by atoms with Gasteiger partial charge in [0, 0.05) is 24.9 Å². The number of ketones is 1. The standard InChI is InChI=1S/C12H21NO2/c1-6-9-13(12(3,4)5)11(15)8-7-10(2)14/h6H,1,7-9H2,2-5H3. The highest BCUT2D eigenvalue weighted by atomic mass is 16.2. The van der Waals surface area contributed by atoms with Crippen molar-refractivity contribution in [2.45, 2.75) is 46.1 Å². The smallest absolute Gasteiger partial charge is 0.223 e. The summed E-state index contributed by atoms with van der Waals surface area (Å²) in [6.07, 6.45) is 2.32. The fourth-order valence-electron chi connectivity index (χ4n) is 1.30. The molecule has 0 aromatic heterocycles. The van der Waals surface area contributed by atoms with Crippen LogP contribution in [-0.4, -0.2) is 28.7 Å². The van der Waals surface area contributed by atoms with Crippen LogP contribution in [0.3, 0.4) is 0 Å². The number of Topliss-reactive ketones (excluding diaryl/α,β-unsaturated/α-hetero) is 1. The summed E-state index contributed by atoms with van der Waals surface area (Å²) in [5.41, 5.74) is -0.220. The van der Waals surface area contributed by atoms with Gasteiger partial charge >= 0.3 is 0 Å². The first-order chi connectivity index (χ1) is 6.79. The molecule has 0 radical (unpaired) electrons. The average Bonchev–Trinajstić information content (AvgIpc) is 2.08. The van der Waals surface area contributed by atoms with E-state index in [1.54, 1.807) is 11.0 Å². The molecule has 1 amide bonds. The number of hydrogen-bond acceptors (Lipinski definition) is 2. The zero-order valence-electron chi connectivity index (χ0n) is 10.2. The van der Waals surface area contributed by atoms with Crippen LogP contribution in [0.15, 0.2) is 12.7 Å². The zero-order valence-corrected chi connectivity index (χ0v) is 10.2. The van der Waals surface area contributed by atoms with Crippen molar-refractivity contribution in [1.29, 1.82) is 0 Å². The first-order valence-electron chi connectivity index (χ1n) is 5.20. The maximum Gasteiger partial charge on any atom is 0.223 e. The Kier molecular flexibility index (Phi) is 5.26. The highest BCUT2D eigenvalue weighted by Crippen LogP contribution is 2.15. The third-order valence-corrected chi connectivity index (χ3v) is 2.11. The molecule has 0 fully saturated rings. The lowest BCUT2D eigenvalue weighted by molar-refractivity contribution is -0.136. The van der Waals surface area contributed by atoms with Crippen molar-refractivity contribution in [3.05, 3.63) is 12.7 Å². The molecule has 0 saturated heterocycles. The molecular formula is C12H21NO2. The van der Waals surface area contributed by atoms with Crippen LogP contribution in [0.5, 0.6) is 0 Å². The van der Waals surface area contributed by atoms with Crippen LogP contribution in [0.4, 0.5) is 0 Å². The fraction of sp³-hybridized carbons (Fsp3) is 0.667. The van der Waals surface area contributed by atoms with Gasteiger partial charge < -0.3 is 9.69 Å². The van der Waals surface area contributed by atoms with E-state index in [9.17, 15) is 9.59 Å². The minimum Gasteiger partial charge on any atom is -0.334 e. The Bertz CT molecular complexity index is 251. The minimum absolute atomic E-state index is 0.0117. The number of nitrogens with zero attached hydrogens (tertiary/aromatic N) is 1. The Labute approximate surface area is 92.1 Å². The van der Waals surface area contributed by atoms with Gasteiger partial charge in [-0.15, -0.1) is 6.58 Å². The second-order valence-corrected chi connectivity index (χ2v) is 4.67.